The predicted molar refractivity (Wildman–Crippen MR) is 119 cm³/mol. The van der Waals surface area contributed by atoms with Gasteiger partial charge in [0, 0.05) is 17.6 Å². The van der Waals surface area contributed by atoms with Gasteiger partial charge in [0.25, 0.3) is 5.91 Å². The third kappa shape index (κ3) is 4.27. The Bertz CT molecular complexity index is 1110. The molecule has 0 spiro atoms. The number of aromatic nitrogens is 1. The molecular weight excluding hydrogens is 382 g/mol. The van der Waals surface area contributed by atoms with Gasteiger partial charge in [0.15, 0.2) is 5.17 Å². The average Bonchev–Trinajstić information content (AvgIpc) is 3.25. The van der Waals surface area contributed by atoms with Crippen LogP contribution < -0.4 is 10.1 Å². The van der Waals surface area contributed by atoms with Crippen molar-refractivity contribution in [1.82, 2.24) is 9.88 Å². The Morgan fingerprint density at radius 2 is 1.79 bits per heavy atom. The van der Waals surface area contributed by atoms with Gasteiger partial charge in [-0.25, -0.2) is 4.99 Å². The van der Waals surface area contributed by atoms with E-state index < -0.39 is 0 Å². The van der Waals surface area contributed by atoms with Gasteiger partial charge >= 0.3 is 0 Å². The molecule has 6 heteroatoms. The van der Waals surface area contributed by atoms with Gasteiger partial charge < -0.3 is 14.6 Å². The summed E-state index contributed by atoms with van der Waals surface area (Å²) in [5, 5.41) is 3.43. The lowest BCUT2D eigenvalue weighted by Gasteiger charge is -2.06. The molecule has 1 aliphatic rings. The van der Waals surface area contributed by atoms with Crippen LogP contribution in [0.2, 0.25) is 0 Å². The van der Waals surface area contributed by atoms with E-state index in [1.54, 1.807) is 7.11 Å². The van der Waals surface area contributed by atoms with Crippen LogP contribution in [-0.4, -0.2) is 22.8 Å². The summed E-state index contributed by atoms with van der Waals surface area (Å²) in [7, 11) is 1.65. The Balaban J connectivity index is 1.56. The van der Waals surface area contributed by atoms with Crippen molar-refractivity contribution in [2.24, 2.45) is 4.99 Å². The molecule has 0 aliphatic carbocycles. The second-order valence-corrected chi connectivity index (χ2v) is 7.83. The summed E-state index contributed by atoms with van der Waals surface area (Å²) in [5.41, 5.74) is 5.08. The molecule has 2 heterocycles. The van der Waals surface area contributed by atoms with Gasteiger partial charge in [0.2, 0.25) is 0 Å². The van der Waals surface area contributed by atoms with Crippen molar-refractivity contribution < 1.29 is 9.53 Å². The molecule has 146 valence electrons. The zero-order valence-corrected chi connectivity index (χ0v) is 17.3. The molecule has 3 aromatic rings. The standard InChI is InChI=1S/C23H21N3O2S/c1-15-4-6-18(7-5-15)24-23-25-22(27)21(29-23)13-17-12-16(2)26(14-17)19-8-10-20(28-3)11-9-19/h4-14H,1-3H3,(H,24,25,27)/b21-13+. The fourth-order valence-corrected chi connectivity index (χ4v) is 3.91. The number of aryl methyl sites for hydroxylation is 2. The summed E-state index contributed by atoms with van der Waals surface area (Å²) < 4.78 is 7.31. The van der Waals surface area contributed by atoms with Gasteiger partial charge in [0.1, 0.15) is 5.75 Å². The first-order valence-corrected chi connectivity index (χ1v) is 10.0. The Morgan fingerprint density at radius 1 is 1.07 bits per heavy atom. The van der Waals surface area contributed by atoms with Crippen LogP contribution in [0.15, 0.2) is 70.7 Å². The number of thioether (sulfide) groups is 1. The van der Waals surface area contributed by atoms with E-state index in [4.69, 9.17) is 4.74 Å². The first-order valence-electron chi connectivity index (χ1n) is 9.21. The predicted octanol–water partition coefficient (Wildman–Crippen LogP) is 4.99. The highest BCUT2D eigenvalue weighted by molar-refractivity contribution is 8.18. The maximum Gasteiger partial charge on any atom is 0.264 e. The number of benzene rings is 2. The molecule has 0 unspecified atom stereocenters. The number of nitrogens with zero attached hydrogens (tertiary/aromatic N) is 2. The molecule has 1 N–H and O–H groups in total. The van der Waals surface area contributed by atoms with Gasteiger partial charge in [0.05, 0.1) is 17.7 Å². The van der Waals surface area contributed by atoms with E-state index in [-0.39, 0.29) is 5.91 Å². The second-order valence-electron chi connectivity index (χ2n) is 6.80. The number of ether oxygens (including phenoxy) is 1. The first-order chi connectivity index (χ1) is 14.0. The van der Waals surface area contributed by atoms with Gasteiger partial charge in [-0.1, -0.05) is 17.7 Å². The normalized spacial score (nSPS) is 16.4. The van der Waals surface area contributed by atoms with Gasteiger partial charge in [-0.05, 0) is 79.7 Å². The van der Waals surface area contributed by atoms with E-state index in [2.05, 4.69) is 20.9 Å². The van der Waals surface area contributed by atoms with Crippen LogP contribution in [-0.2, 0) is 4.79 Å². The molecule has 0 radical (unpaired) electrons. The van der Waals surface area contributed by atoms with E-state index >= 15 is 0 Å². The highest BCUT2D eigenvalue weighted by Crippen LogP contribution is 2.29. The molecule has 2 aromatic carbocycles. The zero-order valence-electron chi connectivity index (χ0n) is 16.5. The molecule has 1 fully saturated rings. The van der Waals surface area contributed by atoms with Gasteiger partial charge in [-0.3, -0.25) is 4.79 Å². The first kappa shape index (κ1) is 19.1. The Hall–Kier alpha value is -3.25. The van der Waals surface area contributed by atoms with Crippen molar-refractivity contribution in [2.45, 2.75) is 13.8 Å². The smallest absolute Gasteiger partial charge is 0.264 e. The monoisotopic (exact) mass is 403 g/mol. The number of nitrogens with one attached hydrogen (secondary N) is 1. The third-order valence-electron chi connectivity index (χ3n) is 4.60. The van der Waals surface area contributed by atoms with Crippen LogP contribution in [0.1, 0.15) is 16.8 Å². The second kappa shape index (κ2) is 8.01. The summed E-state index contributed by atoms with van der Waals surface area (Å²) in [6, 6.07) is 17.8. The molecule has 29 heavy (non-hydrogen) atoms. The maximum atomic E-state index is 12.4. The number of amidine groups is 1. The van der Waals surface area contributed by atoms with Crippen molar-refractivity contribution in [3.05, 3.63) is 82.5 Å². The van der Waals surface area contributed by atoms with E-state index in [1.165, 1.54) is 17.3 Å². The average molecular weight is 404 g/mol. The lowest BCUT2D eigenvalue weighted by Crippen LogP contribution is -2.19. The molecule has 4 rings (SSSR count). The van der Waals surface area contributed by atoms with Gasteiger partial charge in [-0.2, -0.15) is 0 Å². The summed E-state index contributed by atoms with van der Waals surface area (Å²) in [5.74, 6) is 0.691. The number of carbonyl (C=O) groups is 1. The van der Waals surface area contributed by atoms with Crippen LogP contribution in [0.4, 0.5) is 5.69 Å². The number of amides is 1. The molecule has 5 nitrogen and oxygen atoms in total. The number of carbonyl (C=O) groups excluding carboxylic acids is 1. The number of rotatable bonds is 4. The van der Waals surface area contributed by atoms with Crippen molar-refractivity contribution in [3.63, 3.8) is 0 Å². The van der Waals surface area contributed by atoms with Crippen LogP contribution in [0.25, 0.3) is 11.8 Å². The summed E-state index contributed by atoms with van der Waals surface area (Å²) in [6.07, 6.45) is 3.91. The minimum atomic E-state index is -0.129. The SMILES string of the molecule is COc1ccc(-n2cc(/C=C3/SC(=Nc4ccc(C)cc4)NC3=O)cc2C)cc1. The lowest BCUT2D eigenvalue weighted by molar-refractivity contribution is -0.115. The van der Waals surface area contributed by atoms with Crippen LogP contribution in [0, 0.1) is 13.8 Å². The molecule has 0 saturated carbocycles. The fraction of sp³-hybridized carbons (Fsp3) is 0.130. The molecule has 1 aliphatic heterocycles. The van der Waals surface area contributed by atoms with E-state index in [0.29, 0.717) is 10.1 Å². The Kier molecular flexibility index (Phi) is 5.27. The van der Waals surface area contributed by atoms with E-state index in [9.17, 15) is 4.79 Å². The van der Waals surface area contributed by atoms with Crippen molar-refractivity contribution in [3.8, 4) is 11.4 Å². The number of aliphatic imine (C=N–C) groups is 1. The largest absolute Gasteiger partial charge is 0.497 e. The zero-order chi connectivity index (χ0) is 20.4. The van der Waals surface area contributed by atoms with Crippen LogP contribution >= 0.6 is 11.8 Å². The Labute approximate surface area is 174 Å². The van der Waals surface area contributed by atoms with Crippen LogP contribution in [0.5, 0.6) is 5.75 Å². The van der Waals surface area contributed by atoms with E-state index in [0.717, 1.165) is 28.4 Å². The van der Waals surface area contributed by atoms with E-state index in [1.807, 2.05) is 74.7 Å². The molecule has 1 amide bonds. The third-order valence-corrected chi connectivity index (χ3v) is 5.51. The lowest BCUT2D eigenvalue weighted by atomic mass is 10.2. The summed E-state index contributed by atoms with van der Waals surface area (Å²) in [4.78, 5) is 17.5. The molecule has 1 saturated heterocycles. The van der Waals surface area contributed by atoms with Crippen molar-refractivity contribution in [1.29, 1.82) is 0 Å². The molecular formula is C23H21N3O2S. The number of methoxy groups -OCH3 is 1. The van der Waals surface area contributed by atoms with Crippen molar-refractivity contribution >= 4 is 34.6 Å². The van der Waals surface area contributed by atoms with Crippen LogP contribution in [0.3, 0.4) is 0 Å². The minimum Gasteiger partial charge on any atom is -0.497 e. The van der Waals surface area contributed by atoms with Crippen molar-refractivity contribution in [2.75, 3.05) is 7.11 Å². The Morgan fingerprint density at radius 3 is 2.48 bits per heavy atom. The minimum absolute atomic E-state index is 0.129. The highest BCUT2D eigenvalue weighted by Gasteiger charge is 2.24. The quantitative estimate of drug-likeness (QED) is 0.624. The summed E-state index contributed by atoms with van der Waals surface area (Å²) in [6.45, 7) is 4.07. The highest BCUT2D eigenvalue weighted by atomic mass is 32.2. The molecule has 1 aromatic heterocycles. The topological polar surface area (TPSA) is 55.6 Å². The molecule has 0 atom stereocenters. The summed E-state index contributed by atoms with van der Waals surface area (Å²) >= 11 is 1.35. The maximum absolute atomic E-state index is 12.4. The number of hydrogen-bond acceptors (Lipinski definition) is 4. The number of hydrogen-bond donors (Lipinski definition) is 1. The van der Waals surface area contributed by atoms with Gasteiger partial charge in [-0.15, -0.1) is 0 Å². The molecule has 0 bridgehead atoms. The fourth-order valence-electron chi connectivity index (χ4n) is 3.07.